The minimum Gasteiger partial charge on any atom is -0.462 e. The third-order valence-electron chi connectivity index (χ3n) is 17.7. The lowest BCUT2D eigenvalue weighted by molar-refractivity contribution is -0.161. The molecule has 8 atom stereocenters. The minimum absolute atomic E-state index is 0.105. The molecule has 19 heteroatoms. The van der Waals surface area contributed by atoms with E-state index in [-0.39, 0.29) is 25.7 Å². The van der Waals surface area contributed by atoms with Crippen molar-refractivity contribution in [1.29, 1.82) is 0 Å². The highest BCUT2D eigenvalue weighted by molar-refractivity contribution is 7.47. The predicted molar refractivity (Wildman–Crippen MR) is 368 cm³/mol. The van der Waals surface area contributed by atoms with E-state index >= 15 is 0 Å². The summed E-state index contributed by atoms with van der Waals surface area (Å²) in [6.45, 7) is 11.9. The molecular weight excluding hydrogens is 1200 g/mol. The van der Waals surface area contributed by atoms with Crippen LogP contribution in [0.25, 0.3) is 0 Å². The summed E-state index contributed by atoms with van der Waals surface area (Å²) >= 11 is 0. The van der Waals surface area contributed by atoms with Crippen LogP contribution in [0.3, 0.4) is 0 Å². The Morgan fingerprint density at radius 3 is 0.780 bits per heavy atom. The molecule has 0 heterocycles. The number of carbonyl (C=O) groups is 4. The molecule has 0 fully saturated rings. The summed E-state index contributed by atoms with van der Waals surface area (Å²) in [4.78, 5) is 72.4. The summed E-state index contributed by atoms with van der Waals surface area (Å²) in [7, 11) is -9.90. The number of aliphatic hydroxyl groups is 1. The standard InChI is InChI=1S/C72H140O17P2/c1-8-12-13-36-46-53-69(74)82-59-67(88-71(76)56-49-42-35-29-23-21-26-32-39-45-52-65(7)11-4)61-86-90(78,79)84-57-66(73)58-85-91(80,81)87-62-68(60-83-70(75)54-47-40-33-27-22-20-25-31-38-44-51-64(6)10-3)89-72(77)55-48-41-34-28-19-17-15-14-16-18-24-30-37-43-50-63(5)9-2/h63-68,73H,8-62H2,1-7H3,(H,78,79)(H,80,81)/t63?,64?,65?,66-,67+,68+/m0/s1. The van der Waals surface area contributed by atoms with E-state index < -0.39 is 97.5 Å². The van der Waals surface area contributed by atoms with Gasteiger partial charge in [0, 0.05) is 25.7 Å². The molecule has 540 valence electrons. The van der Waals surface area contributed by atoms with Crippen molar-refractivity contribution in [3.63, 3.8) is 0 Å². The maximum Gasteiger partial charge on any atom is 0.472 e. The largest absolute Gasteiger partial charge is 0.472 e. The van der Waals surface area contributed by atoms with Gasteiger partial charge in [-0.05, 0) is 43.4 Å². The van der Waals surface area contributed by atoms with Gasteiger partial charge in [-0.1, -0.05) is 312 Å². The molecule has 5 unspecified atom stereocenters. The van der Waals surface area contributed by atoms with E-state index in [0.717, 1.165) is 114 Å². The van der Waals surface area contributed by atoms with Crippen LogP contribution in [-0.2, 0) is 65.4 Å². The van der Waals surface area contributed by atoms with Gasteiger partial charge >= 0.3 is 39.5 Å². The molecule has 0 saturated heterocycles. The van der Waals surface area contributed by atoms with Crippen molar-refractivity contribution in [2.75, 3.05) is 39.6 Å². The minimum atomic E-state index is -4.95. The summed E-state index contributed by atoms with van der Waals surface area (Å²) in [5.74, 6) is 0.325. The summed E-state index contributed by atoms with van der Waals surface area (Å²) in [5.41, 5.74) is 0. The second-order valence-corrected chi connectivity index (χ2v) is 29.6. The topological polar surface area (TPSA) is 237 Å². The second-order valence-electron chi connectivity index (χ2n) is 26.7. The van der Waals surface area contributed by atoms with Crippen LogP contribution < -0.4 is 0 Å². The normalized spacial score (nSPS) is 15.1. The smallest absolute Gasteiger partial charge is 0.462 e. The molecule has 3 N–H and O–H groups in total. The number of rotatable bonds is 70. The van der Waals surface area contributed by atoms with Gasteiger partial charge in [0.25, 0.3) is 0 Å². The molecule has 0 aliphatic heterocycles. The maximum atomic E-state index is 13.0. The summed E-state index contributed by atoms with van der Waals surface area (Å²) in [6.07, 6.45) is 47.3. The highest BCUT2D eigenvalue weighted by Crippen LogP contribution is 2.45. The number of unbranched alkanes of at least 4 members (excludes halogenated alkanes) is 35. The maximum absolute atomic E-state index is 13.0. The van der Waals surface area contributed by atoms with Gasteiger partial charge in [-0.25, -0.2) is 9.13 Å². The third kappa shape index (κ3) is 62.6. The molecule has 0 aromatic heterocycles. The molecular formula is C72H140O17P2. The Morgan fingerprint density at radius 1 is 0.308 bits per heavy atom. The van der Waals surface area contributed by atoms with Gasteiger partial charge in [0.05, 0.1) is 26.4 Å². The van der Waals surface area contributed by atoms with Gasteiger partial charge in [-0.3, -0.25) is 37.3 Å². The number of ether oxygens (including phenoxy) is 4. The lowest BCUT2D eigenvalue weighted by Crippen LogP contribution is -2.30. The molecule has 91 heavy (non-hydrogen) atoms. The average Bonchev–Trinajstić information content (AvgIpc) is 3.45. The van der Waals surface area contributed by atoms with Gasteiger partial charge in [0.1, 0.15) is 19.3 Å². The average molecular weight is 1340 g/mol. The highest BCUT2D eigenvalue weighted by Gasteiger charge is 2.30. The lowest BCUT2D eigenvalue weighted by Gasteiger charge is -2.21. The van der Waals surface area contributed by atoms with Gasteiger partial charge in [-0.15, -0.1) is 0 Å². The SMILES string of the molecule is CCCCCCCC(=O)OC[C@H](COP(=O)(O)OC[C@H](O)COP(=O)(O)OC[C@@H](COC(=O)CCCCCCCCCCCCC(C)CC)OC(=O)CCCCCCCCCCCCCCCCC(C)CC)OC(=O)CCCCCCCCCCCCC(C)CC. The Balaban J connectivity index is 5.17. The number of phosphoric acid groups is 2. The number of carbonyl (C=O) groups excluding carboxylic acids is 4. The number of hydrogen-bond acceptors (Lipinski definition) is 15. The quantitative estimate of drug-likeness (QED) is 0.0222. The van der Waals surface area contributed by atoms with Crippen molar-refractivity contribution >= 4 is 39.5 Å². The van der Waals surface area contributed by atoms with Crippen LogP contribution in [0.5, 0.6) is 0 Å². The van der Waals surface area contributed by atoms with Crippen LogP contribution in [-0.4, -0.2) is 96.7 Å². The second kappa shape index (κ2) is 62.8. The Kier molecular flexibility index (Phi) is 61.5. The Bertz CT molecular complexity index is 1790. The Morgan fingerprint density at radius 2 is 0.527 bits per heavy atom. The predicted octanol–water partition coefficient (Wildman–Crippen LogP) is 20.6. The molecule has 0 bridgehead atoms. The number of esters is 4. The van der Waals surface area contributed by atoms with Crippen molar-refractivity contribution in [2.45, 2.75) is 381 Å². The molecule has 0 aliphatic rings. The number of phosphoric ester groups is 2. The first kappa shape index (κ1) is 89.1. The molecule has 0 aliphatic carbocycles. The van der Waals surface area contributed by atoms with E-state index in [2.05, 4.69) is 48.5 Å². The first-order valence-electron chi connectivity index (χ1n) is 37.5. The zero-order valence-corrected chi connectivity index (χ0v) is 61.1. The van der Waals surface area contributed by atoms with E-state index in [0.29, 0.717) is 25.7 Å². The van der Waals surface area contributed by atoms with Gasteiger partial charge in [0.2, 0.25) is 0 Å². The van der Waals surface area contributed by atoms with Gasteiger partial charge in [0.15, 0.2) is 12.2 Å². The fourth-order valence-corrected chi connectivity index (χ4v) is 12.4. The van der Waals surface area contributed by atoms with E-state index in [1.807, 2.05) is 0 Å². The number of hydrogen-bond donors (Lipinski definition) is 3. The Labute approximate surface area is 556 Å². The van der Waals surface area contributed by atoms with E-state index in [1.165, 1.54) is 167 Å². The van der Waals surface area contributed by atoms with Gasteiger partial charge in [-0.2, -0.15) is 0 Å². The van der Waals surface area contributed by atoms with Crippen molar-refractivity contribution in [1.82, 2.24) is 0 Å². The van der Waals surface area contributed by atoms with Crippen LogP contribution in [0.4, 0.5) is 0 Å². The summed E-state index contributed by atoms with van der Waals surface area (Å²) in [6, 6.07) is 0. The Hall–Kier alpha value is -1.94. The molecule has 17 nitrogen and oxygen atoms in total. The van der Waals surface area contributed by atoms with E-state index in [4.69, 9.17) is 37.0 Å². The molecule has 0 saturated carbocycles. The van der Waals surface area contributed by atoms with E-state index in [9.17, 15) is 43.2 Å². The molecule has 0 aromatic carbocycles. The number of aliphatic hydroxyl groups excluding tert-OH is 1. The lowest BCUT2D eigenvalue weighted by atomic mass is 9.99. The molecule has 0 amide bonds. The summed E-state index contributed by atoms with van der Waals surface area (Å²) < 4.78 is 68.2. The highest BCUT2D eigenvalue weighted by atomic mass is 31.2. The van der Waals surface area contributed by atoms with Crippen molar-refractivity contribution in [2.24, 2.45) is 17.8 Å². The molecule has 0 aromatic rings. The molecule has 0 radical (unpaired) electrons. The van der Waals surface area contributed by atoms with E-state index in [1.54, 1.807) is 0 Å². The van der Waals surface area contributed by atoms with Crippen molar-refractivity contribution in [3.05, 3.63) is 0 Å². The molecule has 0 rings (SSSR count). The first-order valence-corrected chi connectivity index (χ1v) is 40.5. The van der Waals surface area contributed by atoms with Crippen LogP contribution in [0.2, 0.25) is 0 Å². The molecule has 0 spiro atoms. The summed E-state index contributed by atoms with van der Waals surface area (Å²) in [5, 5.41) is 10.6. The fraction of sp³-hybridized carbons (Fsp3) is 0.944. The van der Waals surface area contributed by atoms with Crippen LogP contribution in [0, 0.1) is 17.8 Å². The first-order chi connectivity index (χ1) is 43.8. The van der Waals surface area contributed by atoms with Crippen molar-refractivity contribution < 1.29 is 80.2 Å². The van der Waals surface area contributed by atoms with Crippen LogP contribution >= 0.6 is 15.6 Å². The van der Waals surface area contributed by atoms with Crippen LogP contribution in [0.15, 0.2) is 0 Å². The zero-order chi connectivity index (χ0) is 67.3. The zero-order valence-electron chi connectivity index (χ0n) is 59.3. The third-order valence-corrected chi connectivity index (χ3v) is 19.6. The van der Waals surface area contributed by atoms with Gasteiger partial charge < -0.3 is 33.8 Å². The monoisotopic (exact) mass is 1340 g/mol. The van der Waals surface area contributed by atoms with Crippen molar-refractivity contribution in [3.8, 4) is 0 Å². The van der Waals surface area contributed by atoms with Crippen LogP contribution in [0.1, 0.15) is 363 Å². The fourth-order valence-electron chi connectivity index (χ4n) is 10.8.